The fourth-order valence-electron chi connectivity index (χ4n) is 2.87. The van der Waals surface area contributed by atoms with E-state index in [1.165, 1.54) is 13.2 Å². The maximum atomic E-state index is 11.2. The minimum Gasteiger partial charge on any atom is -0.466 e. The Labute approximate surface area is 134 Å². The highest BCUT2D eigenvalue weighted by molar-refractivity contribution is 5.87. The van der Waals surface area contributed by atoms with Crippen LogP contribution in [-0.2, 0) is 15.1 Å². The molecule has 0 saturated heterocycles. The monoisotopic (exact) mass is 312 g/mol. The van der Waals surface area contributed by atoms with Crippen molar-refractivity contribution in [1.29, 1.82) is 0 Å². The Bertz CT molecular complexity index is 730. The maximum Gasteiger partial charge on any atom is 0.330 e. The Morgan fingerprint density at radius 3 is 2.91 bits per heavy atom. The fraction of sp³-hybridized carbons (Fsp3) is 0.353. The first-order chi connectivity index (χ1) is 11.1. The third kappa shape index (κ3) is 3.32. The zero-order valence-electron chi connectivity index (χ0n) is 13.1. The number of hydrogen-bond donors (Lipinski definition) is 2. The smallest absolute Gasteiger partial charge is 0.330 e. The van der Waals surface area contributed by atoms with Gasteiger partial charge in [0.25, 0.3) is 0 Å². The minimum atomic E-state index is -0.406. The molecule has 1 aliphatic carbocycles. The summed E-state index contributed by atoms with van der Waals surface area (Å²) in [5.41, 5.74) is 7.77. The Hall–Kier alpha value is -2.47. The SMILES string of the molecule is COC(=O)/C=C/c1cccc(-c2nc(C3(N)CCCC3)n[nH]2)c1. The molecule has 1 fully saturated rings. The predicted molar refractivity (Wildman–Crippen MR) is 87.2 cm³/mol. The van der Waals surface area contributed by atoms with Crippen molar-refractivity contribution in [1.82, 2.24) is 15.2 Å². The van der Waals surface area contributed by atoms with Crippen molar-refractivity contribution < 1.29 is 9.53 Å². The van der Waals surface area contributed by atoms with Gasteiger partial charge in [0.1, 0.15) is 0 Å². The summed E-state index contributed by atoms with van der Waals surface area (Å²) in [6.45, 7) is 0. The lowest BCUT2D eigenvalue weighted by Gasteiger charge is -2.18. The van der Waals surface area contributed by atoms with Gasteiger partial charge in [-0.3, -0.25) is 5.10 Å². The third-order valence-corrected chi connectivity index (χ3v) is 4.20. The van der Waals surface area contributed by atoms with Crippen molar-refractivity contribution in [2.24, 2.45) is 5.73 Å². The number of benzene rings is 1. The molecule has 120 valence electrons. The highest BCUT2D eigenvalue weighted by Crippen LogP contribution is 2.34. The van der Waals surface area contributed by atoms with E-state index in [1.54, 1.807) is 6.08 Å². The van der Waals surface area contributed by atoms with E-state index in [0.717, 1.165) is 36.8 Å². The average Bonchev–Trinajstić information content (AvgIpc) is 3.23. The van der Waals surface area contributed by atoms with Gasteiger partial charge in [0.15, 0.2) is 11.6 Å². The zero-order chi connectivity index (χ0) is 16.3. The molecular formula is C17H20N4O2. The summed E-state index contributed by atoms with van der Waals surface area (Å²) in [6.07, 6.45) is 7.17. The number of methoxy groups -OCH3 is 1. The number of carbonyl (C=O) groups is 1. The number of esters is 1. The second kappa shape index (κ2) is 6.34. The van der Waals surface area contributed by atoms with Crippen LogP contribution >= 0.6 is 0 Å². The van der Waals surface area contributed by atoms with Gasteiger partial charge in [0.05, 0.1) is 12.6 Å². The molecule has 2 aromatic rings. The molecule has 0 spiro atoms. The van der Waals surface area contributed by atoms with E-state index in [1.807, 2.05) is 24.3 Å². The summed E-state index contributed by atoms with van der Waals surface area (Å²) in [5, 5.41) is 7.28. The topological polar surface area (TPSA) is 93.9 Å². The number of rotatable bonds is 4. The van der Waals surface area contributed by atoms with Crippen LogP contribution in [-0.4, -0.2) is 28.3 Å². The molecule has 0 radical (unpaired) electrons. The predicted octanol–water partition coefficient (Wildman–Crippen LogP) is 2.39. The van der Waals surface area contributed by atoms with Gasteiger partial charge in [-0.2, -0.15) is 5.10 Å². The first-order valence-corrected chi connectivity index (χ1v) is 7.69. The van der Waals surface area contributed by atoms with Gasteiger partial charge in [-0.05, 0) is 30.5 Å². The van der Waals surface area contributed by atoms with Gasteiger partial charge in [-0.25, -0.2) is 9.78 Å². The van der Waals surface area contributed by atoms with E-state index < -0.39 is 5.54 Å². The van der Waals surface area contributed by atoms with Crippen LogP contribution in [0.5, 0.6) is 0 Å². The number of nitrogens with one attached hydrogen (secondary N) is 1. The average molecular weight is 312 g/mol. The van der Waals surface area contributed by atoms with E-state index in [4.69, 9.17) is 5.73 Å². The van der Waals surface area contributed by atoms with Crippen LogP contribution in [0.25, 0.3) is 17.5 Å². The number of aromatic amines is 1. The summed E-state index contributed by atoms with van der Waals surface area (Å²) in [6, 6.07) is 7.68. The number of aromatic nitrogens is 3. The van der Waals surface area contributed by atoms with Crippen LogP contribution in [0.3, 0.4) is 0 Å². The molecule has 6 heteroatoms. The molecule has 3 N–H and O–H groups in total. The minimum absolute atomic E-state index is 0.385. The van der Waals surface area contributed by atoms with Crippen LogP contribution in [0.2, 0.25) is 0 Å². The van der Waals surface area contributed by atoms with Crippen molar-refractivity contribution >= 4 is 12.0 Å². The number of nitrogens with zero attached hydrogens (tertiary/aromatic N) is 2. The molecule has 0 aliphatic heterocycles. The Kier molecular flexibility index (Phi) is 4.25. The van der Waals surface area contributed by atoms with Gasteiger partial charge >= 0.3 is 5.97 Å². The summed E-state index contributed by atoms with van der Waals surface area (Å²) in [4.78, 5) is 15.8. The van der Waals surface area contributed by atoms with Gasteiger partial charge < -0.3 is 10.5 Å². The molecule has 0 bridgehead atoms. The van der Waals surface area contributed by atoms with E-state index in [-0.39, 0.29) is 5.97 Å². The van der Waals surface area contributed by atoms with E-state index >= 15 is 0 Å². The van der Waals surface area contributed by atoms with Gasteiger partial charge in [-0.1, -0.05) is 31.0 Å². The molecule has 1 aromatic heterocycles. The van der Waals surface area contributed by atoms with Crippen molar-refractivity contribution in [3.63, 3.8) is 0 Å². The summed E-state index contributed by atoms with van der Waals surface area (Å²) in [7, 11) is 1.35. The lowest BCUT2D eigenvalue weighted by atomic mass is 9.98. The van der Waals surface area contributed by atoms with E-state index in [0.29, 0.717) is 11.6 Å². The zero-order valence-corrected chi connectivity index (χ0v) is 13.1. The van der Waals surface area contributed by atoms with Gasteiger partial charge in [0, 0.05) is 11.6 Å². The Balaban J connectivity index is 1.84. The lowest BCUT2D eigenvalue weighted by Crippen LogP contribution is -2.34. The first kappa shape index (κ1) is 15.4. The second-order valence-corrected chi connectivity index (χ2v) is 5.85. The first-order valence-electron chi connectivity index (χ1n) is 7.69. The number of ether oxygens (including phenoxy) is 1. The van der Waals surface area contributed by atoms with Crippen LogP contribution in [0, 0.1) is 0 Å². The molecule has 1 heterocycles. The standard InChI is InChI=1S/C17H20N4O2/c1-23-14(22)8-7-12-5-4-6-13(11-12)15-19-16(21-20-15)17(18)9-2-3-10-17/h4-8,11H,2-3,9-10,18H2,1H3,(H,19,20,21)/b8-7+. The van der Waals surface area contributed by atoms with Gasteiger partial charge in [-0.15, -0.1) is 0 Å². The Morgan fingerprint density at radius 2 is 2.17 bits per heavy atom. The summed E-state index contributed by atoms with van der Waals surface area (Å²) in [5.74, 6) is 0.981. The highest BCUT2D eigenvalue weighted by Gasteiger charge is 2.35. The van der Waals surface area contributed by atoms with E-state index in [9.17, 15) is 4.79 Å². The van der Waals surface area contributed by atoms with Crippen LogP contribution in [0.1, 0.15) is 37.1 Å². The number of carbonyl (C=O) groups excluding carboxylic acids is 1. The molecule has 1 aromatic carbocycles. The normalized spacial score (nSPS) is 16.8. The number of nitrogens with two attached hydrogens (primary N) is 1. The van der Waals surface area contributed by atoms with Crippen molar-refractivity contribution in [2.75, 3.05) is 7.11 Å². The molecule has 1 saturated carbocycles. The fourth-order valence-corrected chi connectivity index (χ4v) is 2.87. The molecule has 1 aliphatic rings. The maximum absolute atomic E-state index is 11.2. The molecule has 0 amide bonds. The third-order valence-electron chi connectivity index (χ3n) is 4.20. The number of H-pyrrole nitrogens is 1. The lowest BCUT2D eigenvalue weighted by molar-refractivity contribution is -0.134. The van der Waals surface area contributed by atoms with Crippen LogP contribution in [0.15, 0.2) is 30.3 Å². The molecular weight excluding hydrogens is 292 g/mol. The van der Waals surface area contributed by atoms with E-state index in [2.05, 4.69) is 19.9 Å². The van der Waals surface area contributed by atoms with Crippen LogP contribution < -0.4 is 5.73 Å². The molecule has 23 heavy (non-hydrogen) atoms. The summed E-state index contributed by atoms with van der Waals surface area (Å²) < 4.78 is 4.59. The molecule has 6 nitrogen and oxygen atoms in total. The highest BCUT2D eigenvalue weighted by atomic mass is 16.5. The molecule has 0 unspecified atom stereocenters. The van der Waals surface area contributed by atoms with Crippen molar-refractivity contribution in [2.45, 2.75) is 31.2 Å². The van der Waals surface area contributed by atoms with Gasteiger partial charge in [0.2, 0.25) is 0 Å². The summed E-state index contributed by atoms with van der Waals surface area (Å²) >= 11 is 0. The number of hydrogen-bond acceptors (Lipinski definition) is 5. The van der Waals surface area contributed by atoms with Crippen molar-refractivity contribution in [3.8, 4) is 11.4 Å². The second-order valence-electron chi connectivity index (χ2n) is 5.85. The molecule has 0 atom stereocenters. The largest absolute Gasteiger partial charge is 0.466 e. The molecule has 3 rings (SSSR count). The van der Waals surface area contributed by atoms with Crippen LogP contribution in [0.4, 0.5) is 0 Å². The Morgan fingerprint density at radius 1 is 1.39 bits per heavy atom. The van der Waals surface area contributed by atoms with Crippen molar-refractivity contribution in [3.05, 3.63) is 41.7 Å². The quantitative estimate of drug-likeness (QED) is 0.668.